The van der Waals surface area contributed by atoms with Crippen LogP contribution in [0.15, 0.2) is 81.5 Å². The van der Waals surface area contributed by atoms with Crippen molar-refractivity contribution >= 4 is 35.0 Å². The average molecular weight is 504 g/mol. The van der Waals surface area contributed by atoms with Gasteiger partial charge in [-0.25, -0.2) is 10.4 Å². The summed E-state index contributed by atoms with van der Waals surface area (Å²) in [6, 6.07) is 21.4. The lowest BCUT2D eigenvalue weighted by Gasteiger charge is -2.19. The van der Waals surface area contributed by atoms with E-state index in [-0.39, 0.29) is 17.1 Å². The lowest BCUT2D eigenvalue weighted by Crippen LogP contribution is -2.19. The van der Waals surface area contributed by atoms with Gasteiger partial charge in [-0.2, -0.15) is 5.10 Å². The van der Waals surface area contributed by atoms with E-state index in [0.717, 1.165) is 16.6 Å². The van der Waals surface area contributed by atoms with Crippen molar-refractivity contribution in [2.24, 2.45) is 5.10 Å². The van der Waals surface area contributed by atoms with Crippen molar-refractivity contribution in [3.05, 3.63) is 83.4 Å². The molecule has 1 N–H and O–H groups in total. The maximum Gasteiger partial charge on any atom is 0.257 e. The van der Waals surface area contributed by atoms with E-state index in [1.807, 2.05) is 36.4 Å². The Morgan fingerprint density at radius 1 is 1.08 bits per heavy atom. The first kappa shape index (κ1) is 25.3. The van der Waals surface area contributed by atoms with Crippen molar-refractivity contribution in [2.75, 3.05) is 12.9 Å². The van der Waals surface area contributed by atoms with Gasteiger partial charge in [0.05, 0.1) is 19.1 Å². The molecule has 186 valence electrons. The summed E-state index contributed by atoms with van der Waals surface area (Å²) in [4.78, 5) is 16.5. The summed E-state index contributed by atoms with van der Waals surface area (Å²) < 4.78 is 17.1. The van der Waals surface area contributed by atoms with Crippen molar-refractivity contribution in [3.63, 3.8) is 0 Å². The standard InChI is InChI=1S/C28H29N3O4S/c1-28(2,3)21-12-9-19(10-13-21)17-34-24-14-11-20(15-25(24)33-4)16-29-31-26(32)18-36-27-30-22-7-5-6-8-23(22)35-27/h5-16H,17-18H2,1-4H3,(H,31,32)/b29-16+. The predicted molar refractivity (Wildman–Crippen MR) is 143 cm³/mol. The summed E-state index contributed by atoms with van der Waals surface area (Å²) in [6.45, 7) is 7.01. The van der Waals surface area contributed by atoms with Crippen LogP contribution in [0.2, 0.25) is 0 Å². The van der Waals surface area contributed by atoms with Gasteiger partial charge in [0.15, 0.2) is 17.1 Å². The van der Waals surface area contributed by atoms with Gasteiger partial charge in [0, 0.05) is 0 Å². The quantitative estimate of drug-likeness (QED) is 0.172. The van der Waals surface area contributed by atoms with Crippen LogP contribution in [0.1, 0.15) is 37.5 Å². The molecule has 0 radical (unpaired) electrons. The maximum absolute atomic E-state index is 12.1. The molecule has 4 aromatic rings. The molecule has 0 saturated carbocycles. The third-order valence-electron chi connectivity index (χ3n) is 5.41. The summed E-state index contributed by atoms with van der Waals surface area (Å²) in [5, 5.41) is 4.48. The zero-order valence-corrected chi connectivity index (χ0v) is 21.6. The fourth-order valence-electron chi connectivity index (χ4n) is 3.40. The number of benzene rings is 3. The van der Waals surface area contributed by atoms with E-state index >= 15 is 0 Å². The van der Waals surface area contributed by atoms with Crippen LogP contribution < -0.4 is 14.9 Å². The van der Waals surface area contributed by atoms with Crippen LogP contribution in [0.5, 0.6) is 11.5 Å². The second-order valence-corrected chi connectivity index (χ2v) is 10.1. The molecule has 0 aliphatic carbocycles. The number of hydrogen-bond acceptors (Lipinski definition) is 7. The molecule has 0 atom stereocenters. The lowest BCUT2D eigenvalue weighted by atomic mass is 9.87. The summed E-state index contributed by atoms with van der Waals surface area (Å²) in [5.74, 6) is 1.09. The number of thioether (sulfide) groups is 1. The van der Waals surface area contributed by atoms with E-state index < -0.39 is 0 Å². The van der Waals surface area contributed by atoms with Gasteiger partial charge in [0.2, 0.25) is 0 Å². The van der Waals surface area contributed by atoms with Gasteiger partial charge >= 0.3 is 0 Å². The van der Waals surface area contributed by atoms with Crippen molar-refractivity contribution < 1.29 is 18.7 Å². The summed E-state index contributed by atoms with van der Waals surface area (Å²) in [5.41, 5.74) is 7.21. The van der Waals surface area contributed by atoms with E-state index in [4.69, 9.17) is 13.9 Å². The number of aromatic nitrogens is 1. The minimum atomic E-state index is -0.261. The Balaban J connectivity index is 1.28. The van der Waals surface area contributed by atoms with E-state index in [9.17, 15) is 4.79 Å². The number of ether oxygens (including phenoxy) is 2. The molecule has 0 aliphatic heterocycles. The Bertz CT molecular complexity index is 1320. The number of methoxy groups -OCH3 is 1. The second-order valence-electron chi connectivity index (χ2n) is 9.18. The molecular weight excluding hydrogens is 474 g/mol. The third-order valence-corrected chi connectivity index (χ3v) is 6.23. The number of nitrogens with one attached hydrogen (secondary N) is 1. The summed E-state index contributed by atoms with van der Waals surface area (Å²) >= 11 is 1.21. The van der Waals surface area contributed by atoms with Gasteiger partial charge in [0.1, 0.15) is 12.1 Å². The third kappa shape index (κ3) is 6.66. The average Bonchev–Trinajstić information content (AvgIpc) is 3.29. The summed E-state index contributed by atoms with van der Waals surface area (Å²) in [6.07, 6.45) is 1.56. The Kier molecular flexibility index (Phi) is 7.95. The lowest BCUT2D eigenvalue weighted by molar-refractivity contribution is -0.118. The Morgan fingerprint density at radius 3 is 2.58 bits per heavy atom. The second kappa shape index (κ2) is 11.3. The van der Waals surface area contributed by atoms with Crippen molar-refractivity contribution in [2.45, 2.75) is 38.0 Å². The Morgan fingerprint density at radius 2 is 1.86 bits per heavy atom. The zero-order valence-electron chi connectivity index (χ0n) is 20.8. The van der Waals surface area contributed by atoms with Gasteiger partial charge in [-0.15, -0.1) is 0 Å². The fourth-order valence-corrected chi connectivity index (χ4v) is 4.03. The molecule has 0 saturated heterocycles. The molecule has 4 rings (SSSR count). The highest BCUT2D eigenvalue weighted by Gasteiger charge is 2.13. The molecule has 7 nitrogen and oxygen atoms in total. The molecule has 0 bridgehead atoms. The molecule has 3 aromatic carbocycles. The first-order chi connectivity index (χ1) is 17.3. The largest absolute Gasteiger partial charge is 0.493 e. The SMILES string of the molecule is COc1cc(/C=N/NC(=O)CSc2nc3ccccc3o2)ccc1OCc1ccc(C(C)(C)C)cc1. The van der Waals surface area contributed by atoms with Crippen LogP contribution in [0.25, 0.3) is 11.1 Å². The summed E-state index contributed by atoms with van der Waals surface area (Å²) in [7, 11) is 1.59. The molecule has 0 unspecified atom stereocenters. The highest BCUT2D eigenvalue weighted by atomic mass is 32.2. The van der Waals surface area contributed by atoms with E-state index in [2.05, 4.69) is 60.5 Å². The van der Waals surface area contributed by atoms with Crippen LogP contribution >= 0.6 is 11.8 Å². The van der Waals surface area contributed by atoms with Gasteiger partial charge in [-0.1, -0.05) is 68.9 Å². The van der Waals surface area contributed by atoms with Crippen LogP contribution in [0, 0.1) is 0 Å². The molecule has 0 fully saturated rings. The van der Waals surface area contributed by atoms with E-state index in [1.54, 1.807) is 19.4 Å². The molecule has 1 aromatic heterocycles. The minimum absolute atomic E-state index is 0.115. The van der Waals surface area contributed by atoms with Crippen LogP contribution in [-0.2, 0) is 16.8 Å². The Hall–Kier alpha value is -3.78. The van der Waals surface area contributed by atoms with Crippen molar-refractivity contribution in [1.29, 1.82) is 0 Å². The number of hydrogen-bond donors (Lipinski definition) is 1. The number of para-hydroxylation sites is 2. The zero-order chi connectivity index (χ0) is 25.5. The number of rotatable bonds is 9. The molecule has 0 spiro atoms. The van der Waals surface area contributed by atoms with Gasteiger partial charge < -0.3 is 13.9 Å². The van der Waals surface area contributed by atoms with Crippen molar-refractivity contribution in [1.82, 2.24) is 10.4 Å². The van der Waals surface area contributed by atoms with Gasteiger partial charge in [0.25, 0.3) is 11.1 Å². The number of carbonyl (C=O) groups is 1. The topological polar surface area (TPSA) is 86.0 Å². The fraction of sp³-hybridized carbons (Fsp3) is 0.250. The monoisotopic (exact) mass is 503 g/mol. The Labute approximate surface area is 214 Å². The molecular formula is C28H29N3O4S. The highest BCUT2D eigenvalue weighted by molar-refractivity contribution is 7.99. The van der Waals surface area contributed by atoms with Gasteiger partial charge in [-0.05, 0) is 52.4 Å². The number of nitrogens with zero attached hydrogens (tertiary/aromatic N) is 2. The number of carbonyl (C=O) groups excluding carboxylic acids is 1. The first-order valence-electron chi connectivity index (χ1n) is 11.5. The molecule has 36 heavy (non-hydrogen) atoms. The first-order valence-corrected chi connectivity index (χ1v) is 12.5. The predicted octanol–water partition coefficient (Wildman–Crippen LogP) is 5.96. The number of fused-ring (bicyclic) bond motifs is 1. The number of hydrazone groups is 1. The van der Waals surface area contributed by atoms with E-state index in [1.165, 1.54) is 17.3 Å². The van der Waals surface area contributed by atoms with Gasteiger partial charge in [-0.3, -0.25) is 4.79 Å². The normalized spacial score (nSPS) is 11.7. The van der Waals surface area contributed by atoms with Crippen LogP contribution in [-0.4, -0.2) is 30.0 Å². The highest BCUT2D eigenvalue weighted by Crippen LogP contribution is 2.29. The smallest absolute Gasteiger partial charge is 0.257 e. The number of amides is 1. The van der Waals surface area contributed by atoms with Crippen molar-refractivity contribution in [3.8, 4) is 11.5 Å². The molecule has 8 heteroatoms. The maximum atomic E-state index is 12.1. The molecule has 1 amide bonds. The van der Waals surface area contributed by atoms with Crippen LogP contribution in [0.4, 0.5) is 0 Å². The molecule has 1 heterocycles. The van der Waals surface area contributed by atoms with Crippen LogP contribution in [0.3, 0.4) is 0 Å². The minimum Gasteiger partial charge on any atom is -0.493 e. The number of oxazole rings is 1. The molecule has 0 aliphatic rings. The van der Waals surface area contributed by atoms with E-state index in [0.29, 0.717) is 28.9 Å².